The molecular formula is C14H19N3. The number of benzene rings is 1. The molecule has 2 rings (SSSR count). The molecule has 0 spiro atoms. The molecule has 2 N–H and O–H groups in total. The molecule has 3 nitrogen and oxygen atoms in total. The molecular weight excluding hydrogens is 210 g/mol. The molecule has 0 saturated carbocycles. The van der Waals surface area contributed by atoms with Gasteiger partial charge in [-0.05, 0) is 13.0 Å². The van der Waals surface area contributed by atoms with E-state index in [1.54, 1.807) is 0 Å². The van der Waals surface area contributed by atoms with E-state index in [0.717, 1.165) is 12.2 Å². The molecule has 0 saturated heterocycles. The van der Waals surface area contributed by atoms with Crippen molar-refractivity contribution in [2.24, 2.45) is 0 Å². The van der Waals surface area contributed by atoms with E-state index in [-0.39, 0.29) is 0 Å². The molecule has 0 fully saturated rings. The van der Waals surface area contributed by atoms with Gasteiger partial charge in [-0.3, -0.25) is 5.10 Å². The standard InChI is InChI=1S/C14H19N3/c1-10(2)13-12(9-15-3)14(17-16-13)11-7-5-4-6-8-11/h4-8,10,15H,9H2,1-3H3,(H,16,17). The van der Waals surface area contributed by atoms with Gasteiger partial charge in [-0.1, -0.05) is 44.2 Å². The van der Waals surface area contributed by atoms with Crippen LogP contribution < -0.4 is 5.32 Å². The molecule has 0 unspecified atom stereocenters. The molecule has 1 aromatic carbocycles. The van der Waals surface area contributed by atoms with Crippen molar-refractivity contribution in [1.29, 1.82) is 0 Å². The van der Waals surface area contributed by atoms with Crippen LogP contribution in [0.1, 0.15) is 31.0 Å². The number of H-pyrrole nitrogens is 1. The van der Waals surface area contributed by atoms with Crippen LogP contribution in [0.4, 0.5) is 0 Å². The minimum atomic E-state index is 0.461. The number of hydrogen-bond acceptors (Lipinski definition) is 2. The van der Waals surface area contributed by atoms with Gasteiger partial charge in [-0.15, -0.1) is 0 Å². The van der Waals surface area contributed by atoms with E-state index in [2.05, 4.69) is 41.5 Å². The number of nitrogens with zero attached hydrogens (tertiary/aromatic N) is 1. The lowest BCUT2D eigenvalue weighted by molar-refractivity contribution is 0.760. The highest BCUT2D eigenvalue weighted by molar-refractivity contribution is 5.64. The summed E-state index contributed by atoms with van der Waals surface area (Å²) in [5, 5.41) is 10.8. The fraction of sp³-hybridized carbons (Fsp3) is 0.357. The molecule has 0 bridgehead atoms. The fourth-order valence-electron chi connectivity index (χ4n) is 2.05. The minimum absolute atomic E-state index is 0.461. The summed E-state index contributed by atoms with van der Waals surface area (Å²) in [6.07, 6.45) is 0. The van der Waals surface area contributed by atoms with Gasteiger partial charge in [0.25, 0.3) is 0 Å². The first-order valence-corrected chi connectivity index (χ1v) is 6.01. The Kier molecular flexibility index (Phi) is 3.59. The molecule has 0 amide bonds. The second kappa shape index (κ2) is 5.15. The number of aromatic nitrogens is 2. The third-order valence-electron chi connectivity index (χ3n) is 2.88. The van der Waals surface area contributed by atoms with Crippen molar-refractivity contribution >= 4 is 0 Å². The van der Waals surface area contributed by atoms with E-state index in [9.17, 15) is 0 Å². The first-order chi connectivity index (χ1) is 8.24. The number of rotatable bonds is 4. The SMILES string of the molecule is CNCc1c(-c2ccccc2)n[nH]c1C(C)C. The highest BCUT2D eigenvalue weighted by Crippen LogP contribution is 2.27. The van der Waals surface area contributed by atoms with E-state index in [4.69, 9.17) is 0 Å². The van der Waals surface area contributed by atoms with Gasteiger partial charge in [0, 0.05) is 23.4 Å². The van der Waals surface area contributed by atoms with Crippen LogP contribution in [-0.2, 0) is 6.54 Å². The molecule has 0 aliphatic heterocycles. The first-order valence-electron chi connectivity index (χ1n) is 6.01. The Morgan fingerprint density at radius 2 is 1.94 bits per heavy atom. The highest BCUT2D eigenvalue weighted by atomic mass is 15.1. The van der Waals surface area contributed by atoms with Gasteiger partial charge >= 0.3 is 0 Å². The molecule has 90 valence electrons. The summed E-state index contributed by atoms with van der Waals surface area (Å²) in [7, 11) is 1.96. The second-order valence-corrected chi connectivity index (χ2v) is 4.52. The van der Waals surface area contributed by atoms with Crippen molar-refractivity contribution in [3.05, 3.63) is 41.6 Å². The van der Waals surface area contributed by atoms with Gasteiger partial charge in [-0.2, -0.15) is 5.10 Å². The third kappa shape index (κ3) is 2.39. The Bertz CT molecular complexity index is 471. The van der Waals surface area contributed by atoms with Crippen molar-refractivity contribution in [2.75, 3.05) is 7.05 Å². The van der Waals surface area contributed by atoms with Gasteiger partial charge in [0.05, 0.1) is 5.69 Å². The monoisotopic (exact) mass is 229 g/mol. The average Bonchev–Trinajstić information content (AvgIpc) is 2.75. The van der Waals surface area contributed by atoms with E-state index >= 15 is 0 Å². The Balaban J connectivity index is 2.47. The summed E-state index contributed by atoms with van der Waals surface area (Å²) < 4.78 is 0. The van der Waals surface area contributed by atoms with Crippen LogP contribution in [0.25, 0.3) is 11.3 Å². The topological polar surface area (TPSA) is 40.7 Å². The zero-order valence-electron chi connectivity index (χ0n) is 10.6. The third-order valence-corrected chi connectivity index (χ3v) is 2.88. The minimum Gasteiger partial charge on any atom is -0.316 e. The van der Waals surface area contributed by atoms with E-state index < -0.39 is 0 Å². The van der Waals surface area contributed by atoms with Crippen LogP contribution in [-0.4, -0.2) is 17.2 Å². The van der Waals surface area contributed by atoms with Gasteiger partial charge in [0.15, 0.2) is 0 Å². The summed E-state index contributed by atoms with van der Waals surface area (Å²) in [6, 6.07) is 10.3. The zero-order valence-corrected chi connectivity index (χ0v) is 10.6. The maximum absolute atomic E-state index is 4.46. The fourth-order valence-corrected chi connectivity index (χ4v) is 2.05. The smallest absolute Gasteiger partial charge is 0.0968 e. The molecule has 0 radical (unpaired) electrons. The lowest BCUT2D eigenvalue weighted by atomic mass is 10.0. The molecule has 1 aromatic heterocycles. The van der Waals surface area contributed by atoms with E-state index in [1.165, 1.54) is 16.8 Å². The van der Waals surface area contributed by atoms with Crippen molar-refractivity contribution in [3.8, 4) is 11.3 Å². The molecule has 0 aliphatic carbocycles. The van der Waals surface area contributed by atoms with Gasteiger partial charge < -0.3 is 5.32 Å². The molecule has 3 heteroatoms. The van der Waals surface area contributed by atoms with E-state index in [0.29, 0.717) is 5.92 Å². The number of hydrogen-bond donors (Lipinski definition) is 2. The summed E-state index contributed by atoms with van der Waals surface area (Å²) in [5.74, 6) is 0.461. The zero-order chi connectivity index (χ0) is 12.3. The van der Waals surface area contributed by atoms with Gasteiger partial charge in [0.2, 0.25) is 0 Å². The van der Waals surface area contributed by atoms with Crippen LogP contribution in [0.5, 0.6) is 0 Å². The molecule has 2 aromatic rings. The Labute approximate surface area is 102 Å². The normalized spacial score (nSPS) is 11.1. The van der Waals surface area contributed by atoms with Crippen molar-refractivity contribution in [1.82, 2.24) is 15.5 Å². The second-order valence-electron chi connectivity index (χ2n) is 4.52. The molecule has 17 heavy (non-hydrogen) atoms. The average molecular weight is 229 g/mol. The quantitative estimate of drug-likeness (QED) is 0.846. The molecule has 0 atom stereocenters. The summed E-state index contributed by atoms with van der Waals surface area (Å²) in [5.41, 5.74) is 4.72. The lowest BCUT2D eigenvalue weighted by Gasteiger charge is -2.07. The predicted molar refractivity (Wildman–Crippen MR) is 70.9 cm³/mol. The van der Waals surface area contributed by atoms with Crippen molar-refractivity contribution in [2.45, 2.75) is 26.3 Å². The summed E-state index contributed by atoms with van der Waals surface area (Å²) in [6.45, 7) is 5.21. The first kappa shape index (κ1) is 11.9. The highest BCUT2D eigenvalue weighted by Gasteiger charge is 2.15. The van der Waals surface area contributed by atoms with E-state index in [1.807, 2.05) is 25.2 Å². The Morgan fingerprint density at radius 3 is 2.53 bits per heavy atom. The van der Waals surface area contributed by atoms with Crippen molar-refractivity contribution < 1.29 is 0 Å². The van der Waals surface area contributed by atoms with Crippen LogP contribution in [0.3, 0.4) is 0 Å². The maximum Gasteiger partial charge on any atom is 0.0968 e. The largest absolute Gasteiger partial charge is 0.316 e. The lowest BCUT2D eigenvalue weighted by Crippen LogP contribution is -2.08. The van der Waals surface area contributed by atoms with Crippen LogP contribution in [0.15, 0.2) is 30.3 Å². The van der Waals surface area contributed by atoms with Crippen LogP contribution in [0, 0.1) is 0 Å². The Morgan fingerprint density at radius 1 is 1.24 bits per heavy atom. The molecule has 1 heterocycles. The summed E-state index contributed by atoms with van der Waals surface area (Å²) in [4.78, 5) is 0. The molecule has 0 aliphatic rings. The van der Waals surface area contributed by atoms with Crippen molar-refractivity contribution in [3.63, 3.8) is 0 Å². The Hall–Kier alpha value is -1.61. The summed E-state index contributed by atoms with van der Waals surface area (Å²) >= 11 is 0. The number of aromatic amines is 1. The van der Waals surface area contributed by atoms with Gasteiger partial charge in [-0.25, -0.2) is 0 Å². The maximum atomic E-state index is 4.46. The number of nitrogens with one attached hydrogen (secondary N) is 2. The predicted octanol–water partition coefficient (Wildman–Crippen LogP) is 2.92. The van der Waals surface area contributed by atoms with Crippen LogP contribution >= 0.6 is 0 Å². The van der Waals surface area contributed by atoms with Gasteiger partial charge in [0.1, 0.15) is 0 Å². The van der Waals surface area contributed by atoms with Crippen LogP contribution in [0.2, 0.25) is 0 Å².